The molecular weight excluding hydrogens is 351 g/mol. The molecule has 0 N–H and O–H groups in total. The predicted molar refractivity (Wildman–Crippen MR) is 96.1 cm³/mol. The molecule has 0 spiro atoms. The Morgan fingerprint density at radius 2 is 1.50 bits per heavy atom. The number of hydrogen-bond donors (Lipinski definition) is 0. The van der Waals surface area contributed by atoms with Gasteiger partial charge in [0.25, 0.3) is 0 Å². The Morgan fingerprint density at radius 3 is 1.88 bits per heavy atom. The molecule has 0 heterocycles. The third kappa shape index (κ3) is 4.15. The summed E-state index contributed by atoms with van der Waals surface area (Å²) in [4.78, 5) is 25.1. The van der Waals surface area contributed by atoms with E-state index < -0.39 is 28.6 Å². The topological polar surface area (TPSA) is 52.6 Å². The fraction of sp³-hybridized carbons (Fsp3) is 0.667. The van der Waals surface area contributed by atoms with E-state index in [9.17, 15) is 9.59 Å². The fourth-order valence-electron chi connectivity index (χ4n) is 2.47. The van der Waals surface area contributed by atoms with Gasteiger partial charge in [0.05, 0.1) is 0 Å². The highest BCUT2D eigenvalue weighted by Gasteiger charge is 2.54. The van der Waals surface area contributed by atoms with Crippen LogP contribution < -0.4 is 0 Å². The summed E-state index contributed by atoms with van der Waals surface area (Å²) in [6.45, 7) is 13.9. The van der Waals surface area contributed by atoms with E-state index in [1.165, 1.54) is 0 Å². The summed E-state index contributed by atoms with van der Waals surface area (Å²) in [7, 11) is 0. The highest BCUT2D eigenvalue weighted by Crippen LogP contribution is 2.55. The second-order valence-corrected chi connectivity index (χ2v) is 8.70. The average molecular weight is 377 g/mol. The van der Waals surface area contributed by atoms with Crippen LogP contribution in [-0.2, 0) is 19.1 Å². The first-order valence-corrected chi connectivity index (χ1v) is 8.70. The van der Waals surface area contributed by atoms with Crippen molar-refractivity contribution in [2.45, 2.75) is 66.6 Å². The van der Waals surface area contributed by atoms with Gasteiger partial charge in [-0.15, -0.1) is 11.6 Å². The van der Waals surface area contributed by atoms with Crippen LogP contribution in [0.5, 0.6) is 0 Å². The Morgan fingerprint density at radius 1 is 1.04 bits per heavy atom. The molecule has 0 aromatic heterocycles. The van der Waals surface area contributed by atoms with Crippen LogP contribution in [0, 0.1) is 5.41 Å². The summed E-state index contributed by atoms with van der Waals surface area (Å²) in [6, 6.07) is 0. The monoisotopic (exact) mass is 376 g/mol. The Balaban J connectivity index is 3.35. The Hall–Kier alpha value is -1.00. The van der Waals surface area contributed by atoms with Crippen molar-refractivity contribution >= 4 is 35.1 Å². The second kappa shape index (κ2) is 6.72. The van der Waals surface area contributed by atoms with E-state index in [-0.39, 0.29) is 11.5 Å². The molecule has 0 bridgehead atoms. The van der Waals surface area contributed by atoms with Crippen LogP contribution in [0.25, 0.3) is 0 Å². The molecular formula is C18H26Cl2O4. The second-order valence-electron chi connectivity index (χ2n) is 8.05. The number of esters is 2. The lowest BCUT2D eigenvalue weighted by molar-refractivity contribution is -0.162. The number of alkyl halides is 1. The average Bonchev–Trinajstić information content (AvgIpc) is 2.34. The number of ether oxygens (including phenoxy) is 2. The highest BCUT2D eigenvalue weighted by molar-refractivity contribution is 6.37. The molecule has 136 valence electrons. The fourth-order valence-corrected chi connectivity index (χ4v) is 3.53. The molecule has 4 nitrogen and oxygen atoms in total. The highest BCUT2D eigenvalue weighted by atomic mass is 35.5. The van der Waals surface area contributed by atoms with Gasteiger partial charge in [0.2, 0.25) is 0 Å². The normalized spacial score (nSPS) is 23.6. The summed E-state index contributed by atoms with van der Waals surface area (Å²) in [5.41, 5.74) is -1.19. The minimum Gasteiger partial charge on any atom is -0.459 e. The standard InChI is InChI=1S/C18H26Cl2O4/c1-10(14(21)23-16(2,3)4)12-13(20)11(9-19)18(12,8)15(22)24-17(5,6)7/h9H2,1-8H3/b12-10+. The predicted octanol–water partition coefficient (Wildman–Crippen LogP) is 4.74. The molecule has 0 aliphatic heterocycles. The molecule has 0 saturated heterocycles. The number of carbonyl (C=O) groups excluding carboxylic acids is 2. The van der Waals surface area contributed by atoms with Gasteiger partial charge in [0.1, 0.15) is 16.6 Å². The molecule has 1 rings (SSSR count). The van der Waals surface area contributed by atoms with Gasteiger partial charge in [-0.05, 0) is 61.0 Å². The maximum Gasteiger partial charge on any atom is 0.334 e. The maximum atomic E-state index is 12.7. The quantitative estimate of drug-likeness (QED) is 0.405. The van der Waals surface area contributed by atoms with Gasteiger partial charge >= 0.3 is 11.9 Å². The summed E-state index contributed by atoms with van der Waals surface area (Å²) in [5.74, 6) is -0.910. The van der Waals surface area contributed by atoms with Crippen molar-refractivity contribution < 1.29 is 19.1 Å². The van der Waals surface area contributed by atoms with E-state index in [1.807, 2.05) is 0 Å². The van der Waals surface area contributed by atoms with Crippen LogP contribution in [0.4, 0.5) is 0 Å². The number of allylic oxidation sites excluding steroid dienone is 1. The van der Waals surface area contributed by atoms with Gasteiger partial charge in [-0.25, -0.2) is 4.79 Å². The summed E-state index contributed by atoms with van der Waals surface area (Å²) >= 11 is 12.3. The molecule has 1 unspecified atom stereocenters. The van der Waals surface area contributed by atoms with Crippen molar-refractivity contribution in [2.24, 2.45) is 5.41 Å². The minimum absolute atomic E-state index is 0.0830. The summed E-state index contributed by atoms with van der Waals surface area (Å²) < 4.78 is 10.9. The van der Waals surface area contributed by atoms with Crippen LogP contribution >= 0.6 is 23.2 Å². The summed E-state index contributed by atoms with van der Waals surface area (Å²) in [5, 5.41) is 0.335. The molecule has 1 aliphatic rings. The SMILES string of the molecule is C/C(C(=O)OC(C)(C)C)=C1/C(Cl)=C(CCl)C1(C)C(=O)OC(C)(C)C. The number of carbonyl (C=O) groups is 2. The zero-order chi connectivity index (χ0) is 19.1. The first kappa shape index (κ1) is 21.0. The first-order valence-electron chi connectivity index (χ1n) is 7.78. The molecule has 1 aliphatic carbocycles. The van der Waals surface area contributed by atoms with Gasteiger partial charge < -0.3 is 9.47 Å². The van der Waals surface area contributed by atoms with Gasteiger partial charge in [0.15, 0.2) is 0 Å². The lowest BCUT2D eigenvalue weighted by Crippen LogP contribution is -2.46. The lowest BCUT2D eigenvalue weighted by Gasteiger charge is -2.43. The summed E-state index contributed by atoms with van der Waals surface area (Å²) in [6.07, 6.45) is 0. The van der Waals surface area contributed by atoms with E-state index in [0.717, 1.165) is 0 Å². The van der Waals surface area contributed by atoms with E-state index in [4.69, 9.17) is 32.7 Å². The van der Waals surface area contributed by atoms with Crippen molar-refractivity contribution in [1.82, 2.24) is 0 Å². The van der Waals surface area contributed by atoms with Crippen molar-refractivity contribution in [3.8, 4) is 0 Å². The molecule has 0 aromatic rings. The van der Waals surface area contributed by atoms with Crippen LogP contribution in [-0.4, -0.2) is 29.0 Å². The van der Waals surface area contributed by atoms with Gasteiger partial charge in [-0.1, -0.05) is 11.6 Å². The molecule has 6 heteroatoms. The molecule has 0 saturated carbocycles. The Kier molecular flexibility index (Phi) is 5.89. The molecule has 0 amide bonds. The zero-order valence-electron chi connectivity index (χ0n) is 15.6. The van der Waals surface area contributed by atoms with Crippen molar-refractivity contribution in [3.05, 3.63) is 21.8 Å². The maximum absolute atomic E-state index is 12.7. The van der Waals surface area contributed by atoms with Crippen LogP contribution in [0.1, 0.15) is 55.4 Å². The van der Waals surface area contributed by atoms with Crippen molar-refractivity contribution in [3.63, 3.8) is 0 Å². The molecule has 24 heavy (non-hydrogen) atoms. The van der Waals surface area contributed by atoms with Gasteiger partial charge in [-0.2, -0.15) is 0 Å². The first-order chi connectivity index (χ1) is 10.6. The van der Waals surface area contributed by atoms with Crippen molar-refractivity contribution in [2.75, 3.05) is 5.88 Å². The third-order valence-electron chi connectivity index (χ3n) is 3.61. The number of rotatable bonds is 3. The molecule has 0 radical (unpaired) electrons. The molecule has 0 aromatic carbocycles. The van der Waals surface area contributed by atoms with Crippen molar-refractivity contribution in [1.29, 1.82) is 0 Å². The molecule has 0 fully saturated rings. The minimum atomic E-state index is -1.15. The largest absolute Gasteiger partial charge is 0.459 e. The van der Waals surface area contributed by atoms with E-state index in [0.29, 0.717) is 16.2 Å². The number of hydrogen-bond acceptors (Lipinski definition) is 4. The smallest absolute Gasteiger partial charge is 0.334 e. The van der Waals surface area contributed by atoms with Crippen LogP contribution in [0.3, 0.4) is 0 Å². The Bertz CT molecular complexity index is 618. The van der Waals surface area contributed by atoms with Crippen LogP contribution in [0.2, 0.25) is 0 Å². The third-order valence-corrected chi connectivity index (χ3v) is 4.29. The zero-order valence-corrected chi connectivity index (χ0v) is 17.1. The molecule has 1 atom stereocenters. The van der Waals surface area contributed by atoms with Crippen LogP contribution in [0.15, 0.2) is 21.8 Å². The number of halogens is 2. The van der Waals surface area contributed by atoms with Gasteiger partial charge in [0, 0.05) is 22.1 Å². The Labute approximate surface area is 154 Å². The van der Waals surface area contributed by atoms with E-state index >= 15 is 0 Å². The van der Waals surface area contributed by atoms with Gasteiger partial charge in [-0.3, -0.25) is 4.79 Å². The van der Waals surface area contributed by atoms with E-state index in [2.05, 4.69) is 0 Å². The van der Waals surface area contributed by atoms with E-state index in [1.54, 1.807) is 55.4 Å². The lowest BCUT2D eigenvalue weighted by atomic mass is 9.64.